The minimum atomic E-state index is -3.94. The summed E-state index contributed by atoms with van der Waals surface area (Å²) in [5.74, 6) is -0.926. The maximum absolute atomic E-state index is 13.5. The fourth-order valence-electron chi connectivity index (χ4n) is 2.52. The Balaban J connectivity index is 2.42. The largest absolute Gasteiger partial charge is 0.396 e. The zero-order chi connectivity index (χ0) is 15.9. The Bertz CT molecular complexity index is 703. The lowest BCUT2D eigenvalue weighted by molar-refractivity contribution is -0.127. The quantitative estimate of drug-likeness (QED) is 0.796. The number of hydrogen-bond acceptors (Lipinski definition) is 4. The number of nitrogens with one attached hydrogen (secondary N) is 1. The van der Waals surface area contributed by atoms with Gasteiger partial charge in [-0.05, 0) is 37.5 Å². The predicted octanol–water partition coefficient (Wildman–Crippen LogP) is 0.534. The molecule has 1 aliphatic rings. The maximum atomic E-state index is 13.5. The lowest BCUT2D eigenvalue weighted by Gasteiger charge is -2.17. The number of likely N-dealkylation sites (N-methyl/N-ethyl adjacent to an activating group) is 1. The Morgan fingerprint density at radius 3 is 2.57 bits per heavy atom. The predicted molar refractivity (Wildman–Crippen MR) is 76.6 cm³/mol. The van der Waals surface area contributed by atoms with Crippen LogP contribution in [-0.2, 0) is 14.8 Å². The summed E-state index contributed by atoms with van der Waals surface area (Å²) in [7, 11) is -2.33. The first-order valence-corrected chi connectivity index (χ1v) is 7.96. The molecule has 0 bridgehead atoms. The molecule has 0 spiro atoms. The molecule has 1 aromatic rings. The summed E-state index contributed by atoms with van der Waals surface area (Å²) in [6.45, 7) is 3.44. The fourth-order valence-corrected chi connectivity index (χ4v) is 4.23. The number of nitrogens with two attached hydrogens (primary N) is 1. The Kier molecular flexibility index (Phi) is 3.94. The van der Waals surface area contributed by atoms with E-state index < -0.39 is 21.9 Å². The van der Waals surface area contributed by atoms with Crippen molar-refractivity contribution in [3.05, 3.63) is 23.0 Å². The number of halogens is 1. The minimum Gasteiger partial charge on any atom is -0.396 e. The Hall–Kier alpha value is -1.67. The summed E-state index contributed by atoms with van der Waals surface area (Å²) in [5.41, 5.74) is 5.77. The van der Waals surface area contributed by atoms with Crippen LogP contribution in [0, 0.1) is 19.7 Å². The standard InChI is InChI=1S/C13H18FN3O3S/c1-7-6-9(14)11(15)8(2)12(7)21(19,20)16-10-4-5-17(3)13(10)18/h6,10,16H,4-5,15H2,1-3H3. The summed E-state index contributed by atoms with van der Waals surface area (Å²) in [6, 6.07) is 0.296. The summed E-state index contributed by atoms with van der Waals surface area (Å²) >= 11 is 0. The zero-order valence-corrected chi connectivity index (χ0v) is 12.9. The molecule has 1 fully saturated rings. The van der Waals surface area contributed by atoms with Crippen LogP contribution in [0.4, 0.5) is 10.1 Å². The van der Waals surface area contributed by atoms with Crippen molar-refractivity contribution in [2.75, 3.05) is 19.3 Å². The molecule has 6 nitrogen and oxygen atoms in total. The highest BCUT2D eigenvalue weighted by molar-refractivity contribution is 7.89. The van der Waals surface area contributed by atoms with Crippen LogP contribution in [0.2, 0.25) is 0 Å². The van der Waals surface area contributed by atoms with E-state index in [0.29, 0.717) is 13.0 Å². The van der Waals surface area contributed by atoms with Crippen molar-refractivity contribution in [2.45, 2.75) is 31.2 Å². The fraction of sp³-hybridized carbons (Fsp3) is 0.462. The second-order valence-electron chi connectivity index (χ2n) is 5.27. The Labute approximate surface area is 123 Å². The van der Waals surface area contributed by atoms with Gasteiger partial charge in [0.2, 0.25) is 15.9 Å². The van der Waals surface area contributed by atoms with Gasteiger partial charge in [0.25, 0.3) is 0 Å². The van der Waals surface area contributed by atoms with Gasteiger partial charge < -0.3 is 10.6 Å². The van der Waals surface area contributed by atoms with Gasteiger partial charge in [0, 0.05) is 13.6 Å². The van der Waals surface area contributed by atoms with Crippen molar-refractivity contribution in [3.63, 3.8) is 0 Å². The number of benzene rings is 1. The number of likely N-dealkylation sites (tertiary alicyclic amines) is 1. The smallest absolute Gasteiger partial charge is 0.241 e. The van der Waals surface area contributed by atoms with E-state index in [1.165, 1.54) is 18.7 Å². The molecule has 1 aliphatic heterocycles. The van der Waals surface area contributed by atoms with Crippen LogP contribution in [-0.4, -0.2) is 38.9 Å². The minimum absolute atomic E-state index is 0.0660. The molecule has 8 heteroatoms. The van der Waals surface area contributed by atoms with Crippen molar-refractivity contribution in [1.29, 1.82) is 0 Å². The number of sulfonamides is 1. The molecule has 1 heterocycles. The summed E-state index contributed by atoms with van der Waals surface area (Å²) in [4.78, 5) is 13.2. The van der Waals surface area contributed by atoms with E-state index in [2.05, 4.69) is 4.72 Å². The molecule has 1 aromatic carbocycles. The average molecular weight is 315 g/mol. The van der Waals surface area contributed by atoms with Gasteiger partial charge in [-0.2, -0.15) is 4.72 Å². The third kappa shape index (κ3) is 2.73. The lowest BCUT2D eigenvalue weighted by atomic mass is 10.1. The van der Waals surface area contributed by atoms with E-state index in [-0.39, 0.29) is 27.6 Å². The molecule has 1 saturated heterocycles. The van der Waals surface area contributed by atoms with Crippen molar-refractivity contribution >= 4 is 21.6 Å². The van der Waals surface area contributed by atoms with Gasteiger partial charge in [-0.1, -0.05) is 0 Å². The molecule has 1 unspecified atom stereocenters. The zero-order valence-electron chi connectivity index (χ0n) is 12.1. The van der Waals surface area contributed by atoms with E-state index in [4.69, 9.17) is 5.73 Å². The first kappa shape index (κ1) is 15.7. The highest BCUT2D eigenvalue weighted by Gasteiger charge is 2.34. The number of nitrogen functional groups attached to an aromatic ring is 1. The number of anilines is 1. The van der Waals surface area contributed by atoms with Crippen LogP contribution < -0.4 is 10.5 Å². The molecule has 2 rings (SSSR count). The molecule has 116 valence electrons. The van der Waals surface area contributed by atoms with E-state index in [0.717, 1.165) is 6.07 Å². The SMILES string of the molecule is Cc1cc(F)c(N)c(C)c1S(=O)(=O)NC1CCN(C)C1=O. The number of amides is 1. The molecule has 21 heavy (non-hydrogen) atoms. The second kappa shape index (κ2) is 5.27. The highest BCUT2D eigenvalue weighted by atomic mass is 32.2. The summed E-state index contributed by atoms with van der Waals surface area (Å²) in [5, 5.41) is 0. The number of aryl methyl sites for hydroxylation is 1. The number of rotatable bonds is 3. The first-order chi connectivity index (χ1) is 9.65. The van der Waals surface area contributed by atoms with E-state index in [1.807, 2.05) is 0 Å². The Morgan fingerprint density at radius 1 is 1.43 bits per heavy atom. The van der Waals surface area contributed by atoms with Crippen molar-refractivity contribution in [2.24, 2.45) is 0 Å². The van der Waals surface area contributed by atoms with Crippen LogP contribution in [0.15, 0.2) is 11.0 Å². The molecule has 1 amide bonds. The van der Waals surface area contributed by atoms with Crippen LogP contribution in [0.5, 0.6) is 0 Å². The van der Waals surface area contributed by atoms with Crippen molar-refractivity contribution in [1.82, 2.24) is 9.62 Å². The molecule has 1 atom stereocenters. The monoisotopic (exact) mass is 315 g/mol. The third-order valence-electron chi connectivity index (χ3n) is 3.70. The number of nitrogens with zero attached hydrogens (tertiary/aromatic N) is 1. The highest BCUT2D eigenvalue weighted by Crippen LogP contribution is 2.28. The van der Waals surface area contributed by atoms with Gasteiger partial charge in [0.15, 0.2) is 0 Å². The van der Waals surface area contributed by atoms with Gasteiger partial charge in [-0.25, -0.2) is 12.8 Å². The van der Waals surface area contributed by atoms with Crippen LogP contribution in [0.25, 0.3) is 0 Å². The molecule has 0 radical (unpaired) electrons. The van der Waals surface area contributed by atoms with Gasteiger partial charge in [-0.3, -0.25) is 4.79 Å². The average Bonchev–Trinajstić information content (AvgIpc) is 2.67. The van der Waals surface area contributed by atoms with Gasteiger partial charge in [0.05, 0.1) is 10.6 Å². The number of carbonyl (C=O) groups excluding carboxylic acids is 1. The second-order valence-corrected chi connectivity index (χ2v) is 6.92. The molecular formula is C13H18FN3O3S. The Morgan fingerprint density at radius 2 is 2.05 bits per heavy atom. The van der Waals surface area contributed by atoms with E-state index >= 15 is 0 Å². The van der Waals surface area contributed by atoms with Crippen LogP contribution in [0.3, 0.4) is 0 Å². The molecule has 3 N–H and O–H groups in total. The lowest BCUT2D eigenvalue weighted by Crippen LogP contribution is -2.41. The third-order valence-corrected chi connectivity index (χ3v) is 5.46. The van der Waals surface area contributed by atoms with Gasteiger partial charge >= 0.3 is 0 Å². The number of carbonyl (C=O) groups is 1. The number of hydrogen-bond donors (Lipinski definition) is 2. The van der Waals surface area contributed by atoms with Crippen molar-refractivity contribution in [3.8, 4) is 0 Å². The molecule has 0 saturated carbocycles. The topological polar surface area (TPSA) is 92.5 Å². The molecule has 0 aliphatic carbocycles. The summed E-state index contributed by atoms with van der Waals surface area (Å²) in [6.07, 6.45) is 0.406. The summed E-state index contributed by atoms with van der Waals surface area (Å²) < 4.78 is 40.9. The van der Waals surface area contributed by atoms with E-state index in [1.54, 1.807) is 7.05 Å². The van der Waals surface area contributed by atoms with Crippen LogP contribution >= 0.6 is 0 Å². The van der Waals surface area contributed by atoms with Crippen LogP contribution in [0.1, 0.15) is 17.5 Å². The maximum Gasteiger partial charge on any atom is 0.241 e. The van der Waals surface area contributed by atoms with Crippen molar-refractivity contribution < 1.29 is 17.6 Å². The molecular weight excluding hydrogens is 297 g/mol. The molecule has 0 aromatic heterocycles. The van der Waals surface area contributed by atoms with Gasteiger partial charge in [-0.15, -0.1) is 0 Å². The normalized spacial score (nSPS) is 19.3. The van der Waals surface area contributed by atoms with E-state index in [9.17, 15) is 17.6 Å². The van der Waals surface area contributed by atoms with Gasteiger partial charge in [0.1, 0.15) is 11.9 Å². The first-order valence-electron chi connectivity index (χ1n) is 6.47.